The second kappa shape index (κ2) is 74.2. The maximum Gasteiger partial charge on any atom is 0.472 e. The molecular weight excluding hydrogens is 1340 g/mol. The van der Waals surface area contributed by atoms with Gasteiger partial charge in [0.2, 0.25) is 0 Å². The molecule has 2 unspecified atom stereocenters. The summed E-state index contributed by atoms with van der Waals surface area (Å²) < 4.78 is 68.8. The zero-order valence-corrected chi connectivity index (χ0v) is 69.6. The summed E-state index contributed by atoms with van der Waals surface area (Å²) >= 11 is 0. The van der Waals surface area contributed by atoms with E-state index in [1.807, 2.05) is 0 Å². The van der Waals surface area contributed by atoms with E-state index in [-0.39, 0.29) is 25.7 Å². The van der Waals surface area contributed by atoms with Crippen LogP contribution in [0.2, 0.25) is 0 Å². The van der Waals surface area contributed by atoms with Crippen molar-refractivity contribution in [3.8, 4) is 0 Å². The second-order valence-electron chi connectivity index (χ2n) is 31.6. The Hall–Kier alpha value is -1.94. The quantitative estimate of drug-likeness (QED) is 0.0222. The summed E-state index contributed by atoms with van der Waals surface area (Å²) in [5.41, 5.74) is 0. The minimum Gasteiger partial charge on any atom is -0.462 e. The average molecular weight is 1510 g/mol. The summed E-state index contributed by atoms with van der Waals surface area (Å²) in [6, 6.07) is 0. The SMILES string of the molecule is CCCCCCCCCCCCCCCCCCC(=O)O[C@H](COC(=O)CCCCCCCCCCC(C)C)COP(=O)(O)OC[C@H](O)COP(=O)(O)OC[C@@H](COC(=O)CCCCCCCCCCCCCCCCCC(C)C)OC(=O)CCCCCCCCCCCCCCCCCC(C)C. The number of rotatable bonds is 82. The summed E-state index contributed by atoms with van der Waals surface area (Å²) in [6.07, 6.45) is 63.8. The molecule has 0 saturated carbocycles. The first-order valence-corrected chi connectivity index (χ1v) is 46.3. The average Bonchev–Trinajstić information content (AvgIpc) is 0.923. The highest BCUT2D eigenvalue weighted by atomic mass is 31.2. The van der Waals surface area contributed by atoms with Gasteiger partial charge in [-0.3, -0.25) is 37.3 Å². The van der Waals surface area contributed by atoms with Crippen molar-refractivity contribution < 1.29 is 80.2 Å². The lowest BCUT2D eigenvalue weighted by Gasteiger charge is -2.21. The van der Waals surface area contributed by atoms with E-state index in [0.29, 0.717) is 25.7 Å². The molecule has 0 aromatic heterocycles. The first kappa shape index (κ1) is 101. The summed E-state index contributed by atoms with van der Waals surface area (Å²) in [7, 11) is -9.93. The molecule has 3 N–H and O–H groups in total. The van der Waals surface area contributed by atoms with Gasteiger partial charge in [0.25, 0.3) is 0 Å². The number of ether oxygens (including phenoxy) is 4. The number of hydrogen-bond acceptors (Lipinski definition) is 15. The maximum absolute atomic E-state index is 13.1. The third kappa shape index (κ3) is 78.0. The largest absolute Gasteiger partial charge is 0.472 e. The van der Waals surface area contributed by atoms with Crippen molar-refractivity contribution in [3.63, 3.8) is 0 Å². The lowest BCUT2D eigenvalue weighted by molar-refractivity contribution is -0.161. The smallest absolute Gasteiger partial charge is 0.462 e. The topological polar surface area (TPSA) is 237 Å². The number of hydrogen-bond donors (Lipinski definition) is 3. The van der Waals surface area contributed by atoms with Gasteiger partial charge in [0.1, 0.15) is 19.3 Å². The van der Waals surface area contributed by atoms with Crippen molar-refractivity contribution in [3.05, 3.63) is 0 Å². The van der Waals surface area contributed by atoms with Crippen LogP contribution < -0.4 is 0 Å². The highest BCUT2D eigenvalue weighted by molar-refractivity contribution is 7.47. The van der Waals surface area contributed by atoms with E-state index >= 15 is 0 Å². The van der Waals surface area contributed by atoms with Gasteiger partial charge in [-0.05, 0) is 43.4 Å². The number of aliphatic hydroxyl groups is 1. The Morgan fingerprint density at radius 2 is 0.447 bits per heavy atom. The summed E-state index contributed by atoms with van der Waals surface area (Å²) in [4.78, 5) is 73.2. The zero-order chi connectivity index (χ0) is 75.8. The Morgan fingerprint density at radius 3 is 0.660 bits per heavy atom. The molecular formula is C84H164O17P2. The lowest BCUT2D eigenvalue weighted by atomic mass is 10.0. The summed E-state index contributed by atoms with van der Waals surface area (Å²) in [6.45, 7) is 12.0. The van der Waals surface area contributed by atoms with Crippen LogP contribution in [0.5, 0.6) is 0 Å². The van der Waals surface area contributed by atoms with Crippen molar-refractivity contribution in [2.75, 3.05) is 39.6 Å². The Kier molecular flexibility index (Phi) is 72.8. The summed E-state index contributed by atoms with van der Waals surface area (Å²) in [5.74, 6) is 0.229. The fourth-order valence-electron chi connectivity index (χ4n) is 13.0. The fourth-order valence-corrected chi connectivity index (χ4v) is 14.6. The van der Waals surface area contributed by atoms with Crippen molar-refractivity contribution in [2.24, 2.45) is 17.8 Å². The standard InChI is InChI=1S/C84H164O17P2/c1-8-9-10-11-12-13-14-15-16-21-27-32-37-46-53-60-67-84(89)101-80(72-95-82(87)66-59-52-45-40-39-43-50-57-64-77(6)7)74-99-103(92,93)97-70-78(85)69-96-102(90,91)98-73-79(100-83(88)68-61-54-47-38-33-28-23-18-20-25-30-35-42-49-56-63-76(4)5)71-94-81(86)65-58-51-44-36-31-26-22-17-19-24-29-34-41-48-55-62-75(2)3/h75-80,85H,8-74H2,1-7H3,(H,90,91)(H,92,93)/t78-,79-,80-/m1/s1. The van der Waals surface area contributed by atoms with Crippen LogP contribution in [0.15, 0.2) is 0 Å². The van der Waals surface area contributed by atoms with Gasteiger partial charge < -0.3 is 33.8 Å². The molecule has 0 bridgehead atoms. The predicted molar refractivity (Wildman–Crippen MR) is 423 cm³/mol. The molecule has 0 aliphatic rings. The highest BCUT2D eigenvalue weighted by Gasteiger charge is 2.30. The van der Waals surface area contributed by atoms with Gasteiger partial charge in [-0.25, -0.2) is 9.13 Å². The van der Waals surface area contributed by atoms with E-state index in [1.165, 1.54) is 250 Å². The van der Waals surface area contributed by atoms with Crippen molar-refractivity contribution in [1.29, 1.82) is 0 Å². The molecule has 0 rings (SSSR count). The normalized spacial score (nSPS) is 13.9. The first-order chi connectivity index (χ1) is 49.7. The fraction of sp³-hybridized carbons (Fsp3) is 0.952. The van der Waals surface area contributed by atoms with E-state index in [1.54, 1.807) is 0 Å². The van der Waals surface area contributed by atoms with Gasteiger partial charge in [-0.1, -0.05) is 389 Å². The monoisotopic (exact) mass is 1510 g/mol. The van der Waals surface area contributed by atoms with Crippen molar-refractivity contribution in [1.82, 2.24) is 0 Å². The minimum atomic E-state index is -4.96. The molecule has 0 heterocycles. The Labute approximate surface area is 632 Å². The first-order valence-electron chi connectivity index (χ1n) is 43.3. The molecule has 0 spiro atoms. The number of carbonyl (C=O) groups excluding carboxylic acids is 4. The third-order valence-corrected chi connectivity index (χ3v) is 21.5. The van der Waals surface area contributed by atoms with Crippen LogP contribution in [0.25, 0.3) is 0 Å². The van der Waals surface area contributed by atoms with Gasteiger partial charge in [0.15, 0.2) is 12.2 Å². The molecule has 0 aromatic carbocycles. The number of aliphatic hydroxyl groups excluding tert-OH is 1. The minimum absolute atomic E-state index is 0.108. The third-order valence-electron chi connectivity index (χ3n) is 19.6. The van der Waals surface area contributed by atoms with Gasteiger partial charge in [0, 0.05) is 25.7 Å². The van der Waals surface area contributed by atoms with Gasteiger partial charge in [-0.2, -0.15) is 0 Å². The van der Waals surface area contributed by atoms with Crippen LogP contribution in [-0.2, 0) is 65.4 Å². The molecule has 17 nitrogen and oxygen atoms in total. The second-order valence-corrected chi connectivity index (χ2v) is 34.6. The lowest BCUT2D eigenvalue weighted by Crippen LogP contribution is -2.30. The molecule has 0 aliphatic heterocycles. The van der Waals surface area contributed by atoms with Gasteiger partial charge in [0.05, 0.1) is 26.4 Å². The van der Waals surface area contributed by atoms with E-state index in [4.69, 9.17) is 37.0 Å². The van der Waals surface area contributed by atoms with Crippen LogP contribution in [-0.4, -0.2) is 96.7 Å². The zero-order valence-electron chi connectivity index (χ0n) is 67.8. The van der Waals surface area contributed by atoms with E-state index in [0.717, 1.165) is 108 Å². The van der Waals surface area contributed by atoms with Crippen molar-refractivity contribution >= 4 is 39.5 Å². The number of esters is 4. The Bertz CT molecular complexity index is 1990. The molecule has 612 valence electrons. The molecule has 0 saturated heterocycles. The van der Waals surface area contributed by atoms with E-state index < -0.39 is 97.5 Å². The summed E-state index contributed by atoms with van der Waals surface area (Å²) in [5, 5.41) is 10.7. The predicted octanol–water partition coefficient (Wildman–Crippen LogP) is 25.3. The van der Waals surface area contributed by atoms with Crippen LogP contribution in [0.1, 0.15) is 440 Å². The number of phosphoric ester groups is 2. The number of unbranched alkanes of at least 4 members (excludes halogenated alkanes) is 50. The Balaban J connectivity index is 5.25. The Morgan fingerprint density at radius 1 is 0.262 bits per heavy atom. The van der Waals surface area contributed by atoms with E-state index in [2.05, 4.69) is 48.5 Å². The number of carbonyl (C=O) groups is 4. The molecule has 0 aromatic rings. The van der Waals surface area contributed by atoms with Crippen LogP contribution in [0.3, 0.4) is 0 Å². The molecule has 0 aliphatic carbocycles. The molecule has 103 heavy (non-hydrogen) atoms. The van der Waals surface area contributed by atoms with Gasteiger partial charge >= 0.3 is 39.5 Å². The molecule has 5 atom stereocenters. The molecule has 19 heteroatoms. The van der Waals surface area contributed by atoms with Crippen LogP contribution >= 0.6 is 15.6 Å². The highest BCUT2D eigenvalue weighted by Crippen LogP contribution is 2.45. The number of phosphoric acid groups is 2. The van der Waals surface area contributed by atoms with Gasteiger partial charge in [-0.15, -0.1) is 0 Å². The van der Waals surface area contributed by atoms with E-state index in [9.17, 15) is 43.2 Å². The van der Waals surface area contributed by atoms with Crippen molar-refractivity contribution in [2.45, 2.75) is 458 Å². The molecule has 0 amide bonds. The maximum atomic E-state index is 13.1. The molecule has 0 radical (unpaired) electrons. The molecule has 0 fully saturated rings. The van der Waals surface area contributed by atoms with Crippen LogP contribution in [0, 0.1) is 17.8 Å². The van der Waals surface area contributed by atoms with Crippen LogP contribution in [0.4, 0.5) is 0 Å².